The van der Waals surface area contributed by atoms with Gasteiger partial charge in [-0.3, -0.25) is 4.79 Å². The van der Waals surface area contributed by atoms with E-state index < -0.39 is 0 Å². The third kappa shape index (κ3) is 4.09. The molecule has 0 bridgehead atoms. The Kier molecular flexibility index (Phi) is 5.99. The highest BCUT2D eigenvalue weighted by Gasteiger charge is 2.18. The van der Waals surface area contributed by atoms with Gasteiger partial charge in [-0.1, -0.05) is 48.5 Å². The molecule has 0 fully saturated rings. The highest BCUT2D eigenvalue weighted by Crippen LogP contribution is 2.27. The normalized spacial score (nSPS) is 11.8. The first kappa shape index (κ1) is 18.1. The Bertz CT molecular complexity index is 864. The number of hydrogen-bond donors (Lipinski definition) is 1. The number of benzene rings is 2. The summed E-state index contributed by atoms with van der Waals surface area (Å²) in [6.45, 7) is 0.327. The van der Waals surface area contributed by atoms with Gasteiger partial charge in [-0.15, -0.1) is 11.3 Å². The van der Waals surface area contributed by atoms with Gasteiger partial charge in [-0.25, -0.2) is 4.98 Å². The fraction of sp³-hybridized carbons (Fsp3) is 0.200. The summed E-state index contributed by atoms with van der Waals surface area (Å²) in [5.41, 5.74) is 2.30. The van der Waals surface area contributed by atoms with Crippen LogP contribution in [0.2, 0.25) is 0 Å². The van der Waals surface area contributed by atoms with E-state index in [1.807, 2.05) is 54.6 Å². The topological polar surface area (TPSA) is 60.5 Å². The first-order valence-corrected chi connectivity index (χ1v) is 9.05. The molecule has 2 aromatic carbocycles. The van der Waals surface area contributed by atoms with Crippen LogP contribution in [-0.4, -0.2) is 31.7 Å². The number of para-hydroxylation sites is 1. The van der Waals surface area contributed by atoms with E-state index in [0.29, 0.717) is 12.2 Å². The van der Waals surface area contributed by atoms with Crippen molar-refractivity contribution in [3.63, 3.8) is 0 Å². The molecule has 1 amide bonds. The van der Waals surface area contributed by atoms with Gasteiger partial charge in [0.05, 0.1) is 7.11 Å². The van der Waals surface area contributed by atoms with Crippen molar-refractivity contribution in [3.8, 4) is 16.3 Å². The van der Waals surface area contributed by atoms with Crippen LogP contribution in [0.1, 0.15) is 22.2 Å². The van der Waals surface area contributed by atoms with Crippen molar-refractivity contribution in [2.24, 2.45) is 0 Å². The summed E-state index contributed by atoms with van der Waals surface area (Å²) < 4.78 is 10.9. The van der Waals surface area contributed by atoms with Crippen LogP contribution in [0, 0.1) is 0 Å². The van der Waals surface area contributed by atoms with Crippen molar-refractivity contribution >= 4 is 17.2 Å². The van der Waals surface area contributed by atoms with Crippen LogP contribution in [0.5, 0.6) is 5.75 Å². The first-order chi connectivity index (χ1) is 12.7. The largest absolute Gasteiger partial charge is 0.496 e. The summed E-state index contributed by atoms with van der Waals surface area (Å²) in [6, 6.07) is 17.4. The molecule has 0 saturated heterocycles. The molecule has 1 N–H and O–H groups in total. The van der Waals surface area contributed by atoms with Gasteiger partial charge in [0.2, 0.25) is 0 Å². The molecule has 26 heavy (non-hydrogen) atoms. The maximum atomic E-state index is 12.4. The summed E-state index contributed by atoms with van der Waals surface area (Å²) in [7, 11) is 3.23. The van der Waals surface area contributed by atoms with Crippen molar-refractivity contribution in [2.75, 3.05) is 20.8 Å². The van der Waals surface area contributed by atoms with Crippen LogP contribution >= 0.6 is 11.3 Å². The van der Waals surface area contributed by atoms with Crippen LogP contribution in [0.4, 0.5) is 0 Å². The molecule has 0 aliphatic rings. The molecule has 0 saturated carbocycles. The second-order valence-corrected chi connectivity index (χ2v) is 6.44. The van der Waals surface area contributed by atoms with Crippen LogP contribution in [-0.2, 0) is 4.74 Å². The fourth-order valence-electron chi connectivity index (χ4n) is 2.62. The fourth-order valence-corrected chi connectivity index (χ4v) is 3.43. The Morgan fingerprint density at radius 2 is 1.85 bits per heavy atom. The first-order valence-electron chi connectivity index (χ1n) is 8.17. The molecule has 1 unspecified atom stereocenters. The highest BCUT2D eigenvalue weighted by atomic mass is 32.1. The van der Waals surface area contributed by atoms with Crippen molar-refractivity contribution in [3.05, 3.63) is 71.2 Å². The van der Waals surface area contributed by atoms with E-state index in [0.717, 1.165) is 21.9 Å². The lowest BCUT2D eigenvalue weighted by Crippen LogP contribution is -2.29. The minimum Gasteiger partial charge on any atom is -0.496 e. The number of nitrogens with zero attached hydrogens (tertiary/aromatic N) is 1. The quantitative estimate of drug-likeness (QED) is 0.686. The minimum absolute atomic E-state index is 0.222. The number of hydrogen-bond acceptors (Lipinski definition) is 5. The Balaban J connectivity index is 1.67. The van der Waals surface area contributed by atoms with Gasteiger partial charge in [0.15, 0.2) is 0 Å². The van der Waals surface area contributed by atoms with E-state index in [9.17, 15) is 4.79 Å². The monoisotopic (exact) mass is 368 g/mol. The van der Waals surface area contributed by atoms with Crippen molar-refractivity contribution in [1.29, 1.82) is 0 Å². The number of amides is 1. The predicted molar refractivity (Wildman–Crippen MR) is 103 cm³/mol. The average molecular weight is 368 g/mol. The van der Waals surface area contributed by atoms with Crippen LogP contribution in [0.15, 0.2) is 60.0 Å². The molecule has 1 aromatic heterocycles. The standard InChI is InChI=1S/C20H20N2O3S/c1-24-17-11-7-6-10-15(17)18(25-2)12-21-19(23)16-13-26-20(22-16)14-8-4-3-5-9-14/h3-11,13,18H,12H2,1-2H3,(H,21,23). The summed E-state index contributed by atoms with van der Waals surface area (Å²) in [5, 5.41) is 5.48. The smallest absolute Gasteiger partial charge is 0.270 e. The second kappa shape index (κ2) is 8.60. The number of rotatable bonds is 7. The molecule has 1 atom stereocenters. The minimum atomic E-state index is -0.303. The molecule has 1 heterocycles. The molecule has 0 aliphatic heterocycles. The Labute approximate surface area is 156 Å². The Hall–Kier alpha value is -2.70. The predicted octanol–water partition coefficient (Wildman–Crippen LogP) is 3.94. The van der Waals surface area contributed by atoms with Gasteiger partial charge in [-0.2, -0.15) is 0 Å². The lowest BCUT2D eigenvalue weighted by Gasteiger charge is -2.18. The molecule has 0 spiro atoms. The Morgan fingerprint density at radius 1 is 1.12 bits per heavy atom. The van der Waals surface area contributed by atoms with Gasteiger partial charge in [0, 0.05) is 30.2 Å². The van der Waals surface area contributed by atoms with Gasteiger partial charge < -0.3 is 14.8 Å². The number of thiazole rings is 1. The maximum Gasteiger partial charge on any atom is 0.270 e. The van der Waals surface area contributed by atoms with E-state index >= 15 is 0 Å². The molecule has 134 valence electrons. The second-order valence-electron chi connectivity index (χ2n) is 5.58. The van der Waals surface area contributed by atoms with Gasteiger partial charge in [0.25, 0.3) is 5.91 Å². The third-order valence-corrected chi connectivity index (χ3v) is 4.87. The molecule has 0 radical (unpaired) electrons. The van der Waals surface area contributed by atoms with Crippen molar-refractivity contribution in [2.45, 2.75) is 6.10 Å². The summed E-state index contributed by atoms with van der Waals surface area (Å²) in [4.78, 5) is 16.9. The van der Waals surface area contributed by atoms with E-state index in [-0.39, 0.29) is 12.0 Å². The van der Waals surface area contributed by atoms with Gasteiger partial charge in [0.1, 0.15) is 22.6 Å². The number of nitrogens with one attached hydrogen (secondary N) is 1. The van der Waals surface area contributed by atoms with Gasteiger partial charge >= 0.3 is 0 Å². The molecule has 6 heteroatoms. The molecular weight excluding hydrogens is 348 g/mol. The zero-order valence-corrected chi connectivity index (χ0v) is 15.5. The van der Waals surface area contributed by atoms with Crippen molar-refractivity contribution in [1.82, 2.24) is 10.3 Å². The van der Waals surface area contributed by atoms with Crippen LogP contribution in [0.3, 0.4) is 0 Å². The molecule has 3 rings (SSSR count). The highest BCUT2D eigenvalue weighted by molar-refractivity contribution is 7.13. The van der Waals surface area contributed by atoms with E-state index in [2.05, 4.69) is 10.3 Å². The lowest BCUT2D eigenvalue weighted by atomic mass is 10.1. The van der Waals surface area contributed by atoms with Crippen LogP contribution in [0.25, 0.3) is 10.6 Å². The summed E-state index contributed by atoms with van der Waals surface area (Å²) in [5.74, 6) is 0.508. The zero-order chi connectivity index (χ0) is 18.4. The molecule has 3 aromatic rings. The van der Waals surface area contributed by atoms with E-state index in [4.69, 9.17) is 9.47 Å². The summed E-state index contributed by atoms with van der Waals surface area (Å²) >= 11 is 1.45. The molecular formula is C20H20N2O3S. The number of carbonyl (C=O) groups is 1. The third-order valence-electron chi connectivity index (χ3n) is 3.98. The van der Waals surface area contributed by atoms with Crippen molar-refractivity contribution < 1.29 is 14.3 Å². The number of methoxy groups -OCH3 is 2. The number of aromatic nitrogens is 1. The Morgan fingerprint density at radius 3 is 2.58 bits per heavy atom. The zero-order valence-electron chi connectivity index (χ0n) is 14.6. The van der Waals surface area contributed by atoms with Gasteiger partial charge in [-0.05, 0) is 6.07 Å². The lowest BCUT2D eigenvalue weighted by molar-refractivity contribution is 0.0816. The average Bonchev–Trinajstić information content (AvgIpc) is 3.19. The van der Waals surface area contributed by atoms with E-state index in [1.165, 1.54) is 11.3 Å². The number of carbonyl (C=O) groups excluding carboxylic acids is 1. The summed E-state index contributed by atoms with van der Waals surface area (Å²) in [6.07, 6.45) is -0.303. The number of ether oxygens (including phenoxy) is 2. The molecule has 5 nitrogen and oxygen atoms in total. The van der Waals surface area contributed by atoms with Crippen LogP contribution < -0.4 is 10.1 Å². The molecule has 0 aliphatic carbocycles. The SMILES string of the molecule is COc1ccccc1C(CNC(=O)c1csc(-c2ccccc2)n1)OC. The van der Waals surface area contributed by atoms with E-state index in [1.54, 1.807) is 19.6 Å². The maximum absolute atomic E-state index is 12.4.